The van der Waals surface area contributed by atoms with E-state index < -0.39 is 54.5 Å². The van der Waals surface area contributed by atoms with Crippen molar-refractivity contribution in [1.82, 2.24) is 10.6 Å². The molecule has 36 heavy (non-hydrogen) atoms. The number of hydrogen-bond acceptors (Lipinski definition) is 9. The van der Waals surface area contributed by atoms with Gasteiger partial charge in [0, 0.05) is 5.56 Å². The lowest BCUT2D eigenvalue weighted by molar-refractivity contribution is -0.242. The Morgan fingerprint density at radius 1 is 1.14 bits per heavy atom. The lowest BCUT2D eigenvalue weighted by Gasteiger charge is -2.34. The Bertz CT molecular complexity index is 1100. The van der Waals surface area contributed by atoms with Gasteiger partial charge in [-0.15, -0.1) is 0 Å². The van der Waals surface area contributed by atoms with E-state index in [1.54, 1.807) is 36.4 Å². The number of nitrogens with one attached hydrogen (secondary N) is 2. The highest BCUT2D eigenvalue weighted by Gasteiger charge is 2.39. The van der Waals surface area contributed by atoms with Gasteiger partial charge in [-0.3, -0.25) is 14.4 Å². The molecule has 196 valence electrons. The molecule has 1 heterocycles. The van der Waals surface area contributed by atoms with Gasteiger partial charge in [0.2, 0.25) is 12.2 Å². The van der Waals surface area contributed by atoms with Crippen molar-refractivity contribution < 1.29 is 44.3 Å². The van der Waals surface area contributed by atoms with Gasteiger partial charge in [0.15, 0.2) is 0 Å². The van der Waals surface area contributed by atoms with Crippen LogP contribution in [0, 0.1) is 0 Å². The highest BCUT2D eigenvalue weighted by atomic mass is 32.2. The van der Waals surface area contributed by atoms with Gasteiger partial charge >= 0.3 is 5.97 Å². The van der Waals surface area contributed by atoms with E-state index in [-0.39, 0.29) is 6.61 Å². The molecule has 6 N–H and O–H groups in total. The number of thioether (sulfide) groups is 1. The number of hydrogen-bond donors (Lipinski definition) is 6. The van der Waals surface area contributed by atoms with Crippen molar-refractivity contribution >= 4 is 40.3 Å². The molecule has 1 fully saturated rings. The Balaban J connectivity index is 1.77. The van der Waals surface area contributed by atoms with Crippen molar-refractivity contribution in [3.8, 4) is 5.75 Å². The zero-order valence-corrected chi connectivity index (χ0v) is 20.6. The SMILES string of the molecule is CSCC[C@H](NC(=O)c1cccc2cc(O[C@@H]3OC[C@@H](O)[C@H](O)[C@H]3O)ccc12)C(=O)N[C@@H](C)C(=O)O. The van der Waals surface area contributed by atoms with E-state index in [0.29, 0.717) is 34.3 Å². The maximum Gasteiger partial charge on any atom is 0.325 e. The molecule has 11 nitrogen and oxygen atoms in total. The second-order valence-electron chi connectivity index (χ2n) is 8.43. The van der Waals surface area contributed by atoms with Crippen LogP contribution in [0.25, 0.3) is 10.8 Å². The number of ether oxygens (including phenoxy) is 2. The van der Waals surface area contributed by atoms with E-state index in [9.17, 15) is 29.7 Å². The number of fused-ring (bicyclic) bond motifs is 1. The molecule has 6 atom stereocenters. The summed E-state index contributed by atoms with van der Waals surface area (Å²) in [7, 11) is 0. The van der Waals surface area contributed by atoms with Crippen LogP contribution in [-0.4, -0.2) is 93.5 Å². The zero-order chi connectivity index (χ0) is 26.4. The van der Waals surface area contributed by atoms with E-state index in [1.807, 2.05) is 6.26 Å². The molecule has 2 amide bonds. The summed E-state index contributed by atoms with van der Waals surface area (Å²) in [6.07, 6.45) is -3.08. The number of rotatable bonds is 10. The molecule has 0 aromatic heterocycles. The molecule has 2 aromatic rings. The van der Waals surface area contributed by atoms with Gasteiger partial charge in [0.05, 0.1) is 6.61 Å². The molecule has 0 aliphatic carbocycles. The fourth-order valence-electron chi connectivity index (χ4n) is 3.67. The van der Waals surface area contributed by atoms with E-state index in [4.69, 9.17) is 14.6 Å². The van der Waals surface area contributed by atoms with Crippen LogP contribution in [0.3, 0.4) is 0 Å². The highest BCUT2D eigenvalue weighted by Crippen LogP contribution is 2.27. The van der Waals surface area contributed by atoms with Crippen LogP contribution in [0.5, 0.6) is 5.75 Å². The maximum atomic E-state index is 13.1. The standard InChI is InChI=1S/C24H30N2O9S/c1-12(23(32)33)25-22(31)17(8-9-36-2)26-21(30)16-5-3-4-13-10-14(6-7-15(13)16)35-24-20(29)19(28)18(27)11-34-24/h3-7,10,12,17-20,24,27-29H,8-9,11H2,1-2H3,(H,25,31)(H,26,30)(H,32,33)/t12-,17-,18+,19-,20+,24-/m0/s1. The third kappa shape index (κ3) is 6.65. The van der Waals surface area contributed by atoms with E-state index in [1.165, 1.54) is 18.7 Å². The van der Waals surface area contributed by atoms with Gasteiger partial charge in [-0.2, -0.15) is 11.8 Å². The smallest absolute Gasteiger partial charge is 0.325 e. The van der Waals surface area contributed by atoms with Gasteiger partial charge in [0.1, 0.15) is 36.1 Å². The Labute approximate surface area is 211 Å². The fraction of sp³-hybridized carbons (Fsp3) is 0.458. The van der Waals surface area contributed by atoms with Crippen molar-refractivity contribution in [2.24, 2.45) is 0 Å². The van der Waals surface area contributed by atoms with E-state index in [0.717, 1.165) is 0 Å². The van der Waals surface area contributed by atoms with Crippen LogP contribution in [0.2, 0.25) is 0 Å². The number of benzene rings is 2. The lowest BCUT2D eigenvalue weighted by atomic mass is 10.0. The van der Waals surface area contributed by atoms with Crippen LogP contribution in [0.15, 0.2) is 36.4 Å². The van der Waals surface area contributed by atoms with E-state index in [2.05, 4.69) is 10.6 Å². The van der Waals surface area contributed by atoms with E-state index >= 15 is 0 Å². The molecule has 0 unspecified atom stereocenters. The first-order valence-electron chi connectivity index (χ1n) is 11.3. The number of aliphatic hydroxyl groups excluding tert-OH is 3. The maximum absolute atomic E-state index is 13.1. The minimum Gasteiger partial charge on any atom is -0.480 e. The van der Waals surface area contributed by atoms with Crippen LogP contribution >= 0.6 is 11.8 Å². The zero-order valence-electron chi connectivity index (χ0n) is 19.8. The first kappa shape index (κ1) is 27.7. The summed E-state index contributed by atoms with van der Waals surface area (Å²) in [5.74, 6) is -1.37. The lowest BCUT2D eigenvalue weighted by Crippen LogP contribution is -2.54. The van der Waals surface area contributed by atoms with Crippen molar-refractivity contribution in [2.45, 2.75) is 50.0 Å². The summed E-state index contributed by atoms with van der Waals surface area (Å²) in [4.78, 5) is 36.8. The predicted octanol–water partition coefficient (Wildman–Crippen LogP) is 0.0984. The predicted molar refractivity (Wildman–Crippen MR) is 132 cm³/mol. The van der Waals surface area contributed by atoms with Gasteiger partial charge in [-0.1, -0.05) is 12.1 Å². The van der Waals surface area contributed by atoms with Gasteiger partial charge < -0.3 is 40.5 Å². The largest absolute Gasteiger partial charge is 0.480 e. The number of amides is 2. The van der Waals surface area contributed by atoms with Crippen LogP contribution in [-0.2, 0) is 14.3 Å². The van der Waals surface area contributed by atoms with Crippen molar-refractivity contribution in [3.05, 3.63) is 42.0 Å². The molecule has 2 aromatic carbocycles. The second-order valence-corrected chi connectivity index (χ2v) is 9.42. The summed E-state index contributed by atoms with van der Waals surface area (Å²) >= 11 is 1.50. The summed E-state index contributed by atoms with van der Waals surface area (Å²) in [5, 5.41) is 44.9. The number of aliphatic carboxylic acids is 1. The highest BCUT2D eigenvalue weighted by molar-refractivity contribution is 7.98. The van der Waals surface area contributed by atoms with Crippen molar-refractivity contribution in [2.75, 3.05) is 18.6 Å². The van der Waals surface area contributed by atoms with Crippen LogP contribution < -0.4 is 15.4 Å². The second kappa shape index (κ2) is 12.4. The number of carbonyl (C=O) groups is 3. The molecule has 3 rings (SSSR count). The number of aliphatic hydroxyl groups is 3. The molecule has 0 spiro atoms. The third-order valence-corrected chi connectivity index (χ3v) is 6.41. The minimum absolute atomic E-state index is 0.197. The molecule has 0 radical (unpaired) electrons. The summed E-state index contributed by atoms with van der Waals surface area (Å²) in [6.45, 7) is 1.15. The molecular weight excluding hydrogens is 492 g/mol. The number of carbonyl (C=O) groups excluding carboxylic acids is 2. The molecule has 1 aliphatic rings. The number of carboxylic acids is 1. The normalized spacial score (nSPS) is 23.5. The Hall–Kier alpha value is -2.90. The molecule has 1 saturated heterocycles. The molecule has 12 heteroatoms. The van der Waals surface area contributed by atoms with Crippen LogP contribution in [0.4, 0.5) is 0 Å². The van der Waals surface area contributed by atoms with Crippen LogP contribution in [0.1, 0.15) is 23.7 Å². The first-order chi connectivity index (χ1) is 17.1. The minimum atomic E-state index is -1.45. The number of carboxylic acid groups (broad SMARTS) is 1. The summed E-state index contributed by atoms with van der Waals surface area (Å²) in [6, 6.07) is 7.84. The average molecular weight is 523 g/mol. The summed E-state index contributed by atoms with van der Waals surface area (Å²) < 4.78 is 10.9. The average Bonchev–Trinajstić information content (AvgIpc) is 2.86. The molecule has 0 saturated carbocycles. The monoisotopic (exact) mass is 522 g/mol. The van der Waals surface area contributed by atoms with Gasteiger partial charge in [0.25, 0.3) is 5.91 Å². The molecule has 0 bridgehead atoms. The Kier molecular flexibility index (Phi) is 9.51. The van der Waals surface area contributed by atoms with Crippen molar-refractivity contribution in [1.29, 1.82) is 0 Å². The van der Waals surface area contributed by atoms with Gasteiger partial charge in [-0.25, -0.2) is 0 Å². The quantitative estimate of drug-likeness (QED) is 0.251. The topological polar surface area (TPSA) is 175 Å². The Morgan fingerprint density at radius 3 is 2.58 bits per heavy atom. The molecular formula is C24H30N2O9S. The molecule has 1 aliphatic heterocycles. The fourth-order valence-corrected chi connectivity index (χ4v) is 4.14. The summed E-state index contributed by atoms with van der Waals surface area (Å²) in [5.41, 5.74) is 0.305. The van der Waals surface area contributed by atoms with Crippen molar-refractivity contribution in [3.63, 3.8) is 0 Å². The Morgan fingerprint density at radius 2 is 1.89 bits per heavy atom. The van der Waals surface area contributed by atoms with Gasteiger partial charge in [-0.05, 0) is 60.4 Å². The third-order valence-electron chi connectivity index (χ3n) is 5.76. The first-order valence-corrected chi connectivity index (χ1v) is 12.7.